The van der Waals surface area contributed by atoms with Gasteiger partial charge in [-0.05, 0) is 25.0 Å². The van der Waals surface area contributed by atoms with Gasteiger partial charge in [0.25, 0.3) is 5.91 Å². The topological polar surface area (TPSA) is 64.2 Å². The Hall–Kier alpha value is -2.63. The van der Waals surface area contributed by atoms with Crippen LogP contribution in [0, 0.1) is 0 Å². The Balaban J connectivity index is 2.20. The van der Waals surface area contributed by atoms with E-state index in [1.54, 1.807) is 24.3 Å². The first-order valence-electron chi connectivity index (χ1n) is 9.10. The Bertz CT molecular complexity index is 725. The standard InChI is InChI=1S/C20H27N3O3/c1-4-11-22-14-17(23(15-22)12-5-2)13-18(20(25)26-3)21-19(24)16-9-7-6-8-10-16/h6-10,14-15,18H,4-5,11-13H2,1-3H3/p+1/t18-/m0/s1. The number of hydrogen-bond acceptors (Lipinski definition) is 3. The molecule has 6 nitrogen and oxygen atoms in total. The number of esters is 1. The molecular weight excluding hydrogens is 330 g/mol. The Morgan fingerprint density at radius 1 is 1.19 bits per heavy atom. The van der Waals surface area contributed by atoms with Crippen molar-refractivity contribution < 1.29 is 18.9 Å². The van der Waals surface area contributed by atoms with Crippen LogP contribution in [0.25, 0.3) is 0 Å². The first kappa shape index (κ1) is 19.7. The van der Waals surface area contributed by atoms with Crippen molar-refractivity contribution in [2.75, 3.05) is 7.11 Å². The molecule has 0 fully saturated rings. The fraction of sp³-hybridized carbons (Fsp3) is 0.450. The number of rotatable bonds is 9. The number of nitrogens with zero attached hydrogens (tertiary/aromatic N) is 2. The van der Waals surface area contributed by atoms with Gasteiger partial charge in [-0.3, -0.25) is 4.79 Å². The highest BCUT2D eigenvalue weighted by Gasteiger charge is 2.26. The van der Waals surface area contributed by atoms with Gasteiger partial charge in [0.2, 0.25) is 6.33 Å². The van der Waals surface area contributed by atoms with Crippen LogP contribution in [0.15, 0.2) is 42.9 Å². The summed E-state index contributed by atoms with van der Waals surface area (Å²) >= 11 is 0. The molecule has 0 spiro atoms. The third-order valence-electron chi connectivity index (χ3n) is 4.16. The minimum Gasteiger partial charge on any atom is -0.467 e. The lowest BCUT2D eigenvalue weighted by Gasteiger charge is -2.15. The number of ether oxygens (including phenoxy) is 1. The second kappa shape index (κ2) is 9.75. The Kier molecular flexibility index (Phi) is 7.38. The summed E-state index contributed by atoms with van der Waals surface area (Å²) in [5, 5.41) is 2.81. The van der Waals surface area contributed by atoms with Crippen molar-refractivity contribution in [3.8, 4) is 0 Å². The summed E-state index contributed by atoms with van der Waals surface area (Å²) < 4.78 is 9.17. The van der Waals surface area contributed by atoms with E-state index in [2.05, 4.69) is 34.6 Å². The predicted octanol–water partition coefficient (Wildman–Crippen LogP) is 2.11. The minimum atomic E-state index is -0.728. The van der Waals surface area contributed by atoms with Crippen molar-refractivity contribution in [1.29, 1.82) is 0 Å². The summed E-state index contributed by atoms with van der Waals surface area (Å²) in [5.41, 5.74) is 1.52. The molecule has 0 radical (unpaired) electrons. The second-order valence-corrected chi connectivity index (χ2v) is 6.29. The molecule has 26 heavy (non-hydrogen) atoms. The van der Waals surface area contributed by atoms with Gasteiger partial charge in [-0.15, -0.1) is 0 Å². The van der Waals surface area contributed by atoms with E-state index in [0.717, 1.165) is 31.6 Å². The molecule has 1 heterocycles. The summed E-state index contributed by atoms with van der Waals surface area (Å²) in [4.78, 5) is 24.7. The van der Waals surface area contributed by atoms with Crippen LogP contribution in [0.4, 0.5) is 0 Å². The molecular formula is C20H28N3O3+. The molecule has 0 aliphatic rings. The van der Waals surface area contributed by atoms with E-state index in [-0.39, 0.29) is 5.91 Å². The number of nitrogens with one attached hydrogen (secondary N) is 1. The zero-order valence-corrected chi connectivity index (χ0v) is 15.8. The molecule has 2 rings (SSSR count). The molecule has 1 amide bonds. The van der Waals surface area contributed by atoms with Crippen LogP contribution in [0.2, 0.25) is 0 Å². The molecule has 1 N–H and O–H groups in total. The fourth-order valence-electron chi connectivity index (χ4n) is 2.92. The lowest BCUT2D eigenvalue weighted by molar-refractivity contribution is -0.696. The van der Waals surface area contributed by atoms with Crippen molar-refractivity contribution in [2.45, 2.75) is 52.2 Å². The van der Waals surface area contributed by atoms with Gasteiger partial charge in [-0.25, -0.2) is 13.9 Å². The highest BCUT2D eigenvalue weighted by atomic mass is 16.5. The predicted molar refractivity (Wildman–Crippen MR) is 98.6 cm³/mol. The van der Waals surface area contributed by atoms with Crippen molar-refractivity contribution in [3.05, 3.63) is 54.1 Å². The van der Waals surface area contributed by atoms with Crippen molar-refractivity contribution in [3.63, 3.8) is 0 Å². The van der Waals surface area contributed by atoms with E-state index in [0.29, 0.717) is 12.0 Å². The summed E-state index contributed by atoms with van der Waals surface area (Å²) in [6, 6.07) is 8.15. The average molecular weight is 358 g/mol. The molecule has 0 aliphatic heterocycles. The molecule has 0 unspecified atom stereocenters. The molecule has 2 aromatic rings. The van der Waals surface area contributed by atoms with Crippen molar-refractivity contribution in [2.24, 2.45) is 0 Å². The molecule has 1 aromatic heterocycles. The fourth-order valence-corrected chi connectivity index (χ4v) is 2.92. The molecule has 140 valence electrons. The SMILES string of the molecule is CCCn1c[n+](CCC)cc1C[C@H](NC(=O)c1ccccc1)C(=O)OC. The maximum absolute atomic E-state index is 12.5. The third kappa shape index (κ3) is 5.18. The molecule has 0 saturated carbocycles. The van der Waals surface area contributed by atoms with Crippen LogP contribution in [0.5, 0.6) is 0 Å². The maximum Gasteiger partial charge on any atom is 0.328 e. The molecule has 1 aromatic carbocycles. The average Bonchev–Trinajstić information content (AvgIpc) is 3.03. The summed E-state index contributed by atoms with van der Waals surface area (Å²) in [6.45, 7) is 6.03. The second-order valence-electron chi connectivity index (χ2n) is 6.29. The first-order chi connectivity index (χ1) is 12.6. The number of aryl methyl sites for hydroxylation is 2. The Morgan fingerprint density at radius 3 is 2.54 bits per heavy atom. The monoisotopic (exact) mass is 358 g/mol. The Labute approximate surface area is 154 Å². The van der Waals surface area contributed by atoms with Crippen LogP contribution < -0.4 is 9.88 Å². The number of imidazole rings is 1. The number of aromatic nitrogens is 2. The summed E-state index contributed by atoms with van der Waals surface area (Å²) in [6.07, 6.45) is 6.53. The minimum absolute atomic E-state index is 0.281. The number of carbonyl (C=O) groups is 2. The summed E-state index contributed by atoms with van der Waals surface area (Å²) in [5.74, 6) is -0.725. The first-order valence-corrected chi connectivity index (χ1v) is 9.10. The third-order valence-corrected chi connectivity index (χ3v) is 4.16. The van der Waals surface area contributed by atoms with Gasteiger partial charge in [0.05, 0.1) is 20.2 Å². The normalized spacial score (nSPS) is 11.8. The molecule has 6 heteroatoms. The molecule has 0 bridgehead atoms. The number of amides is 1. The van der Waals surface area contributed by atoms with Crippen LogP contribution in [-0.2, 0) is 29.0 Å². The zero-order valence-electron chi connectivity index (χ0n) is 15.8. The quantitative estimate of drug-likeness (QED) is 0.552. The molecule has 0 saturated heterocycles. The van der Waals surface area contributed by atoms with Crippen LogP contribution >= 0.6 is 0 Å². The van der Waals surface area contributed by atoms with E-state index < -0.39 is 12.0 Å². The maximum atomic E-state index is 12.5. The largest absolute Gasteiger partial charge is 0.467 e. The van der Waals surface area contributed by atoms with E-state index in [9.17, 15) is 9.59 Å². The van der Waals surface area contributed by atoms with E-state index in [1.165, 1.54) is 7.11 Å². The lowest BCUT2D eigenvalue weighted by Crippen LogP contribution is -2.43. The number of carbonyl (C=O) groups excluding carboxylic acids is 2. The Morgan fingerprint density at radius 2 is 1.92 bits per heavy atom. The number of benzene rings is 1. The van der Waals surface area contributed by atoms with Gasteiger partial charge in [-0.2, -0.15) is 0 Å². The van der Waals surface area contributed by atoms with Gasteiger partial charge < -0.3 is 10.1 Å². The van der Waals surface area contributed by atoms with Gasteiger partial charge >= 0.3 is 5.97 Å². The van der Waals surface area contributed by atoms with E-state index >= 15 is 0 Å². The molecule has 0 aliphatic carbocycles. The van der Waals surface area contributed by atoms with Crippen molar-refractivity contribution >= 4 is 11.9 Å². The van der Waals surface area contributed by atoms with Gasteiger partial charge in [0.1, 0.15) is 17.9 Å². The van der Waals surface area contributed by atoms with Crippen LogP contribution in [-0.4, -0.2) is 29.6 Å². The van der Waals surface area contributed by atoms with Crippen LogP contribution in [0.3, 0.4) is 0 Å². The van der Waals surface area contributed by atoms with Gasteiger partial charge in [-0.1, -0.05) is 32.0 Å². The smallest absolute Gasteiger partial charge is 0.328 e. The van der Waals surface area contributed by atoms with E-state index in [4.69, 9.17) is 4.74 Å². The lowest BCUT2D eigenvalue weighted by atomic mass is 10.1. The van der Waals surface area contributed by atoms with Gasteiger partial charge in [0, 0.05) is 12.0 Å². The highest BCUT2D eigenvalue weighted by molar-refractivity contribution is 5.96. The number of methoxy groups -OCH3 is 1. The van der Waals surface area contributed by atoms with Gasteiger partial charge in [0.15, 0.2) is 0 Å². The number of hydrogen-bond donors (Lipinski definition) is 1. The zero-order chi connectivity index (χ0) is 18.9. The summed E-state index contributed by atoms with van der Waals surface area (Å²) in [7, 11) is 1.34. The highest BCUT2D eigenvalue weighted by Crippen LogP contribution is 2.07. The van der Waals surface area contributed by atoms with E-state index in [1.807, 2.05) is 12.3 Å². The molecule has 1 atom stereocenters. The van der Waals surface area contributed by atoms with Crippen LogP contribution in [0.1, 0.15) is 42.7 Å². The van der Waals surface area contributed by atoms with Crippen molar-refractivity contribution in [1.82, 2.24) is 9.88 Å².